The molecule has 2 aliphatic carbocycles. The first-order chi connectivity index (χ1) is 64.3. The third-order valence-electron chi connectivity index (χ3n) is 23.8. The van der Waals surface area contributed by atoms with E-state index in [1.807, 2.05) is 43.3 Å². The van der Waals surface area contributed by atoms with Gasteiger partial charge in [-0.25, -0.2) is 28.8 Å². The van der Waals surface area contributed by atoms with Gasteiger partial charge in [0.05, 0.1) is 84.7 Å². The van der Waals surface area contributed by atoms with Crippen molar-refractivity contribution in [2.24, 2.45) is 33.7 Å². The van der Waals surface area contributed by atoms with Gasteiger partial charge in [-0.15, -0.1) is 0 Å². The van der Waals surface area contributed by atoms with Crippen molar-refractivity contribution < 1.29 is 189 Å². The molecule has 6 amide bonds. The van der Waals surface area contributed by atoms with Gasteiger partial charge >= 0.3 is 61.4 Å². The van der Waals surface area contributed by atoms with Crippen LogP contribution >= 0.6 is 0 Å². The predicted octanol–water partition coefficient (Wildman–Crippen LogP) is 0.00220. The van der Waals surface area contributed by atoms with Gasteiger partial charge < -0.3 is 169 Å². The molecule has 9 fully saturated rings. The second-order valence-corrected chi connectivity index (χ2v) is 32.8. The number of hydrogen-bond donors (Lipinski definition) is 14. The van der Waals surface area contributed by atoms with E-state index in [-0.39, 0.29) is 126 Å². The maximum Gasteiger partial charge on any atom is 1.00 e. The van der Waals surface area contributed by atoms with Crippen LogP contribution in [0, 0.1) is 17.8 Å². The minimum absolute atomic E-state index is 0. The summed E-state index contributed by atoms with van der Waals surface area (Å²) in [6, 6.07) is 30.4. The van der Waals surface area contributed by atoms with Gasteiger partial charge in [0.15, 0.2) is 37.4 Å². The van der Waals surface area contributed by atoms with Gasteiger partial charge in [-0.1, -0.05) is 145 Å². The fourth-order valence-electron chi connectivity index (χ4n) is 17.2. The topological polar surface area (TPSA) is 662 Å². The summed E-state index contributed by atoms with van der Waals surface area (Å²) in [5.74, 6) is -1.03. The fraction of sp³-hybridized carbons (Fsp3) is 0.588. The molecule has 134 heavy (non-hydrogen) atoms. The van der Waals surface area contributed by atoms with Crippen LogP contribution in [0.5, 0.6) is 0 Å². The number of carbonyl (C=O) groups is 7. The number of fused-ring (bicyclic) bond motifs is 3. The number of azide groups is 2. The zero-order chi connectivity index (χ0) is 94.4. The Morgan fingerprint density at radius 2 is 0.843 bits per heavy atom. The number of aliphatic hydroxyl groups excluding tert-OH is 7. The molecule has 726 valence electrons. The summed E-state index contributed by atoms with van der Waals surface area (Å²) in [7, 11) is -1.00. The maximum atomic E-state index is 13.1. The summed E-state index contributed by atoms with van der Waals surface area (Å²) >= 11 is 0. The van der Waals surface area contributed by atoms with Crippen LogP contribution in [0.4, 0.5) is 33.2 Å². The molecule has 15 rings (SSSR count). The average molecular weight is 1880 g/mol. The molecule has 0 aromatic heterocycles. The van der Waals surface area contributed by atoms with Crippen molar-refractivity contribution in [1.29, 1.82) is 0 Å². The van der Waals surface area contributed by atoms with E-state index in [0.717, 1.165) is 11.1 Å². The number of nitrogens with two attached hydrogens (primary N) is 1. The standard InChI is InChI=1S/C43H52N6O17.C41H53N7O16.CH3F.Li.H2O/c1-21-14-24-15-29(51)62-34(24)37(33(21)63-38-26(13-12-25(59-38)16-46-49-44)47-42(55)57-19-22-8-4-2-5-9-22)65-40-32(53)36(28(18-50)61-40)64-39-30(31(52)35-27(60-39)17-45-41(54)66-35)48-43(56)58-20-23-10-6-3-7-11-23;1-20-14-24(42)29(50)35(32(20)61-36-25(13-12-23(58-36)15-45-48-43)46-40(54)56-18-21-8-4-2-5-9-21)63-38-31(52)34(27(17-49)60-38)62-37-28(30(51)33-26(59-37)16-44-39(53)64-33)47-41(55)57-19-22-10-6-3-7-11-22;1-2;;/h2-12,21,24,26-28,30-40,50,52-53H,13-20H2,1H3,(H,45,54)(H,47,55)(H,48,56);2-12,20,24-38,49-52H,13-19,42H2,1H3,(H,44,53)(H,46,54)(H,47,55);1H3;;1H2/q;;;+1;/p-1/t21-,24-,26+,27-,28+,30+,31+,32+,33+,34-,35+,36+,37-,38+,39+,40-;20-,24+,25+,26-,27+,28+,29-,30+,31+,32+,33+,34+,35+,36+,37+,38-;;;/m00.../s1/i;;1D;;. The molecule has 11 aliphatic rings. The Bertz CT molecular complexity index is 4680. The summed E-state index contributed by atoms with van der Waals surface area (Å²) in [6.07, 6.45) is -32.4. The van der Waals surface area contributed by atoms with Crippen LogP contribution in [0.25, 0.3) is 20.9 Å². The molecule has 7 saturated heterocycles. The molecule has 47 nitrogen and oxygen atoms in total. The van der Waals surface area contributed by atoms with E-state index in [9.17, 15) is 73.7 Å². The van der Waals surface area contributed by atoms with Gasteiger partial charge in [0, 0.05) is 21.8 Å². The molecular weight excluding hydrogens is 1770 g/mol. The third-order valence-corrected chi connectivity index (χ3v) is 23.8. The normalized spacial score (nSPS) is 34.9. The Kier molecular flexibility index (Phi) is 38.0. The first-order valence-electron chi connectivity index (χ1n) is 43.5. The van der Waals surface area contributed by atoms with E-state index in [4.69, 9.17) is 108 Å². The van der Waals surface area contributed by atoms with Crippen molar-refractivity contribution in [2.45, 2.75) is 250 Å². The van der Waals surface area contributed by atoms with E-state index in [2.05, 4.69) is 52.0 Å². The van der Waals surface area contributed by atoms with Crippen molar-refractivity contribution in [1.82, 2.24) is 31.9 Å². The smallest absolute Gasteiger partial charge is 0.870 e. The molecule has 32 atom stereocenters. The quantitative estimate of drug-likeness (QED) is 0.00816. The van der Waals surface area contributed by atoms with Crippen molar-refractivity contribution in [3.05, 3.63) is 188 Å². The number of benzene rings is 4. The molecule has 49 heteroatoms. The Morgan fingerprint density at radius 3 is 1.23 bits per heavy atom. The minimum atomic E-state index is -1.71. The van der Waals surface area contributed by atoms with Crippen LogP contribution in [0.15, 0.2) is 155 Å². The number of nitrogens with one attached hydrogen (secondary N) is 6. The second-order valence-electron chi connectivity index (χ2n) is 32.8. The van der Waals surface area contributed by atoms with E-state index < -0.39 is 247 Å². The zero-order valence-electron chi connectivity index (χ0n) is 73.8. The van der Waals surface area contributed by atoms with Crippen molar-refractivity contribution >= 4 is 42.5 Å². The number of hydrogen-bond acceptors (Lipinski definition) is 37. The van der Waals surface area contributed by atoms with E-state index in [1.165, 1.54) is 0 Å². The number of rotatable bonds is 30. The molecule has 0 bridgehead atoms. The molecule has 4 aromatic carbocycles. The first-order valence-corrected chi connectivity index (χ1v) is 42.8. The summed E-state index contributed by atoms with van der Waals surface area (Å²) in [6.45, 7) is 1.52. The van der Waals surface area contributed by atoms with Gasteiger partial charge in [-0.3, -0.25) is 9.18 Å². The van der Waals surface area contributed by atoms with E-state index >= 15 is 0 Å². The van der Waals surface area contributed by atoms with Gasteiger partial charge in [0.1, 0.15) is 129 Å². The Balaban J connectivity index is 0.000000249. The fourth-order valence-corrected chi connectivity index (χ4v) is 17.2. The number of amides is 6. The van der Waals surface area contributed by atoms with Gasteiger partial charge in [-0.2, -0.15) is 0 Å². The molecule has 9 heterocycles. The molecule has 2 saturated carbocycles. The van der Waals surface area contributed by atoms with E-state index in [1.54, 1.807) is 104 Å². The molecule has 0 spiro atoms. The minimum Gasteiger partial charge on any atom is -0.870 e. The van der Waals surface area contributed by atoms with Crippen LogP contribution in [-0.2, 0) is 121 Å². The summed E-state index contributed by atoms with van der Waals surface area (Å²) in [5, 5.41) is 102. The van der Waals surface area contributed by atoms with Crippen molar-refractivity contribution in [3.8, 4) is 0 Å². The monoisotopic (exact) mass is 1880 g/mol. The van der Waals surface area contributed by atoms with Gasteiger partial charge in [0.2, 0.25) is 12.6 Å². The van der Waals surface area contributed by atoms with Crippen LogP contribution in [0.3, 0.4) is 0 Å². The molecule has 9 aliphatic heterocycles. The molecule has 0 unspecified atom stereocenters. The maximum absolute atomic E-state index is 13.1. The van der Waals surface area contributed by atoms with Crippen LogP contribution in [0.1, 0.15) is 69.6 Å². The first kappa shape index (κ1) is 102. The Hall–Kier alpha value is -10.6. The number of alkyl halides is 1. The largest absolute Gasteiger partial charge is 1.00 e. The number of nitrogens with zero attached hydrogens (tertiary/aromatic N) is 6. The number of carbonyl (C=O) groups excluding carboxylic acids is 7. The Morgan fingerprint density at radius 1 is 0.485 bits per heavy atom. The number of alkyl carbamates (subject to hydrolysis) is 6. The number of ether oxygens (including phenoxy) is 19. The van der Waals surface area contributed by atoms with Crippen LogP contribution in [-0.4, -0.2) is 308 Å². The van der Waals surface area contributed by atoms with Crippen LogP contribution in [0.2, 0.25) is 0 Å². The zero-order valence-corrected chi connectivity index (χ0v) is 72.8. The summed E-state index contributed by atoms with van der Waals surface area (Å²) < 4.78 is 128. The van der Waals surface area contributed by atoms with Crippen molar-refractivity contribution in [3.63, 3.8) is 0 Å². The molecule has 16 N–H and O–H groups in total. The number of esters is 1. The molecule has 4 aromatic rings. The summed E-state index contributed by atoms with van der Waals surface area (Å²) in [4.78, 5) is 94.9. The van der Waals surface area contributed by atoms with Crippen LogP contribution < -0.4 is 56.5 Å². The number of halogens is 1. The average Bonchev–Trinajstić information content (AvgIpc) is 1.62. The SMILES string of the molecule is C[C@H]1C[C@@H](N)[C@H](O)[C@@H](O[C@@H]2O[C@H](CO)[C@@H](O[C@H]3O[C@H]4CNC(=O)O[C@H]4[C@H](O)[C@H]3NC(=O)OCc3ccccc3)[C@H]2O)[C@@H]1O[C@H]1OC(CN=[N+]=[N-])=CC[C@H]1NC(=O)OCc1ccccc1.C[C@H]1C[C@H]2CC(=O)O[C@@H]2[C@@H](O[C@@H]2O[C@H](CO)[C@@H](O[C@H]3O[C@H]4CNC(=O)O[C@H]4[C@H](O)[C@H]3NC(=O)OCc3ccccc3)[C@H]2O)[C@@H]1O[C@H]1OC(CN=[N+]=[N-])=CC[C@H]1NC(=O)OCc1ccccc1.[2H]CF.[Li+].[OH-]. The van der Waals surface area contributed by atoms with Gasteiger partial charge in [-0.05, 0) is 83.0 Å². The van der Waals surface area contributed by atoms with Gasteiger partial charge in [0.25, 0.3) is 0 Å². The molecule has 0 radical (unpaired) electrons. The predicted molar refractivity (Wildman–Crippen MR) is 444 cm³/mol. The van der Waals surface area contributed by atoms with Crippen molar-refractivity contribution in [2.75, 3.05) is 46.5 Å². The molecular formula is C85H109FLiN13O34. The summed E-state index contributed by atoms with van der Waals surface area (Å²) in [5.41, 5.74) is 27.2. The van der Waals surface area contributed by atoms with E-state index in [0.29, 0.717) is 17.5 Å². The Labute approximate surface area is 779 Å². The third kappa shape index (κ3) is 26.6. The second kappa shape index (κ2) is 49.8. The number of aliphatic hydroxyl groups is 7.